The Morgan fingerprint density at radius 2 is 2.18 bits per heavy atom. The van der Waals surface area contributed by atoms with E-state index in [9.17, 15) is 0 Å². The first-order valence-corrected chi connectivity index (χ1v) is 7.37. The van der Waals surface area contributed by atoms with E-state index in [4.69, 9.17) is 27.9 Å². The molecule has 0 radical (unpaired) electrons. The molecule has 1 heterocycles. The van der Waals surface area contributed by atoms with Crippen molar-refractivity contribution in [3.05, 3.63) is 49.6 Å². The summed E-state index contributed by atoms with van der Waals surface area (Å²) in [5, 5.41) is 4.39. The quantitative estimate of drug-likeness (QED) is 0.663. The molecule has 0 aliphatic rings. The molecule has 17 heavy (non-hydrogen) atoms. The Morgan fingerprint density at radius 3 is 2.76 bits per heavy atom. The lowest BCUT2D eigenvalue weighted by Crippen LogP contribution is -1.97. The van der Waals surface area contributed by atoms with Gasteiger partial charge in [0, 0.05) is 10.6 Å². The Bertz CT molecular complexity index is 513. The number of halogens is 3. The maximum Gasteiger partial charge on any atom is 0.138 e. The lowest BCUT2D eigenvalue weighted by molar-refractivity contribution is 0.407. The van der Waals surface area contributed by atoms with Crippen LogP contribution in [-0.2, 0) is 0 Å². The van der Waals surface area contributed by atoms with Gasteiger partial charge in [0.25, 0.3) is 0 Å². The highest BCUT2D eigenvalue weighted by atomic mass is 79.9. The van der Waals surface area contributed by atoms with E-state index >= 15 is 0 Å². The zero-order chi connectivity index (χ0) is 12.4. The average molecular weight is 352 g/mol. The third-order valence-electron chi connectivity index (χ3n) is 2.35. The van der Waals surface area contributed by atoms with Gasteiger partial charge in [-0.15, -0.1) is 11.6 Å². The van der Waals surface area contributed by atoms with Crippen molar-refractivity contribution in [3.8, 4) is 5.75 Å². The summed E-state index contributed by atoms with van der Waals surface area (Å²) in [4.78, 5) is 0. The summed E-state index contributed by atoms with van der Waals surface area (Å²) in [6.45, 7) is 0. The van der Waals surface area contributed by atoms with Gasteiger partial charge in [0.15, 0.2) is 0 Å². The molecule has 0 saturated carbocycles. The maximum absolute atomic E-state index is 6.45. The van der Waals surface area contributed by atoms with E-state index in [1.165, 1.54) is 0 Å². The third kappa shape index (κ3) is 2.79. The first-order chi connectivity index (χ1) is 8.13. The summed E-state index contributed by atoms with van der Waals surface area (Å²) in [5.74, 6) is 0.723. The first-order valence-electron chi connectivity index (χ1n) is 4.82. The van der Waals surface area contributed by atoms with Crippen LogP contribution in [0.25, 0.3) is 0 Å². The molecule has 5 heteroatoms. The van der Waals surface area contributed by atoms with Gasteiger partial charge in [-0.2, -0.15) is 11.3 Å². The van der Waals surface area contributed by atoms with E-state index in [1.807, 2.05) is 22.9 Å². The lowest BCUT2D eigenvalue weighted by atomic mass is 10.1. The average Bonchev–Trinajstić information content (AvgIpc) is 2.80. The maximum atomic E-state index is 6.45. The van der Waals surface area contributed by atoms with Crippen molar-refractivity contribution < 1.29 is 4.74 Å². The summed E-state index contributed by atoms with van der Waals surface area (Å²) in [7, 11) is 1.62. The van der Waals surface area contributed by atoms with Crippen molar-refractivity contribution in [2.75, 3.05) is 7.11 Å². The van der Waals surface area contributed by atoms with Crippen LogP contribution in [0, 0.1) is 0 Å². The molecule has 0 N–H and O–H groups in total. The van der Waals surface area contributed by atoms with Gasteiger partial charge in [-0.25, -0.2) is 0 Å². The highest BCUT2D eigenvalue weighted by molar-refractivity contribution is 9.10. The topological polar surface area (TPSA) is 9.23 Å². The SMILES string of the molecule is COc1c(Br)cc(Cl)cc1C(Cl)c1ccsc1. The van der Waals surface area contributed by atoms with E-state index in [1.54, 1.807) is 24.5 Å². The van der Waals surface area contributed by atoms with Crippen molar-refractivity contribution >= 4 is 50.5 Å². The predicted molar refractivity (Wildman–Crippen MR) is 77.7 cm³/mol. The summed E-state index contributed by atoms with van der Waals surface area (Å²) in [6.07, 6.45) is 0. The first kappa shape index (κ1) is 13.2. The van der Waals surface area contributed by atoms with Crippen LogP contribution in [0.2, 0.25) is 5.02 Å². The lowest BCUT2D eigenvalue weighted by Gasteiger charge is -2.15. The van der Waals surface area contributed by atoms with Gasteiger partial charge in [-0.1, -0.05) is 11.6 Å². The van der Waals surface area contributed by atoms with Gasteiger partial charge in [-0.3, -0.25) is 0 Å². The van der Waals surface area contributed by atoms with Gasteiger partial charge in [0.2, 0.25) is 0 Å². The highest BCUT2D eigenvalue weighted by Crippen LogP contribution is 2.41. The molecule has 1 unspecified atom stereocenters. The molecule has 90 valence electrons. The Balaban J connectivity index is 2.50. The third-order valence-corrected chi connectivity index (χ3v) is 4.35. The molecule has 0 bridgehead atoms. The Kier molecular flexibility index (Phi) is 4.36. The number of benzene rings is 1. The number of thiophene rings is 1. The molecule has 1 nitrogen and oxygen atoms in total. The molecule has 2 aromatic rings. The summed E-state index contributed by atoms with van der Waals surface area (Å²) >= 11 is 17.5. The number of alkyl halides is 1. The standard InChI is InChI=1S/C12H9BrCl2OS/c1-16-12-9(4-8(14)5-10(12)13)11(15)7-2-3-17-6-7/h2-6,11H,1H3. The zero-order valence-corrected chi connectivity index (χ0v) is 12.8. The number of methoxy groups -OCH3 is 1. The van der Waals surface area contributed by atoms with Crippen molar-refractivity contribution in [3.63, 3.8) is 0 Å². The summed E-state index contributed by atoms with van der Waals surface area (Å²) < 4.78 is 6.17. The smallest absolute Gasteiger partial charge is 0.138 e. The minimum absolute atomic E-state index is 0.258. The van der Waals surface area contributed by atoms with E-state index in [0.29, 0.717) is 5.02 Å². The van der Waals surface area contributed by atoms with Crippen molar-refractivity contribution in [1.82, 2.24) is 0 Å². The van der Waals surface area contributed by atoms with Crippen molar-refractivity contribution in [2.45, 2.75) is 5.38 Å². The number of ether oxygens (including phenoxy) is 1. The molecule has 0 aliphatic heterocycles. The largest absolute Gasteiger partial charge is 0.495 e. The second-order valence-electron chi connectivity index (χ2n) is 3.43. The van der Waals surface area contributed by atoms with Crippen LogP contribution >= 0.6 is 50.5 Å². The summed E-state index contributed by atoms with van der Waals surface area (Å²) in [5.41, 5.74) is 1.91. The van der Waals surface area contributed by atoms with Crippen LogP contribution in [0.15, 0.2) is 33.4 Å². The van der Waals surface area contributed by atoms with Crippen molar-refractivity contribution in [1.29, 1.82) is 0 Å². The van der Waals surface area contributed by atoms with Crippen molar-refractivity contribution in [2.24, 2.45) is 0 Å². The fourth-order valence-electron chi connectivity index (χ4n) is 1.58. The molecule has 0 fully saturated rings. The van der Waals surface area contributed by atoms with Gasteiger partial charge in [-0.05, 0) is 50.5 Å². The molecule has 0 spiro atoms. The molecule has 0 saturated heterocycles. The van der Waals surface area contributed by atoms with Gasteiger partial charge in [0.05, 0.1) is 17.0 Å². The molecule has 2 rings (SSSR count). The highest BCUT2D eigenvalue weighted by Gasteiger charge is 2.19. The number of hydrogen-bond donors (Lipinski definition) is 0. The van der Waals surface area contributed by atoms with Crippen LogP contribution in [-0.4, -0.2) is 7.11 Å². The Morgan fingerprint density at radius 1 is 1.41 bits per heavy atom. The van der Waals surface area contributed by atoms with E-state index in [-0.39, 0.29) is 5.38 Å². The van der Waals surface area contributed by atoms with E-state index in [2.05, 4.69) is 15.9 Å². The predicted octanol–water partition coefficient (Wildman–Crippen LogP) is 5.50. The van der Waals surface area contributed by atoms with Gasteiger partial charge >= 0.3 is 0 Å². The summed E-state index contributed by atoms with van der Waals surface area (Å²) in [6, 6.07) is 5.62. The van der Waals surface area contributed by atoms with Gasteiger partial charge in [0.1, 0.15) is 5.75 Å². The number of rotatable bonds is 3. The molecular formula is C12H9BrCl2OS. The fourth-order valence-corrected chi connectivity index (χ4v) is 3.64. The minimum Gasteiger partial charge on any atom is -0.495 e. The van der Waals surface area contributed by atoms with Crippen LogP contribution < -0.4 is 4.74 Å². The molecule has 1 atom stereocenters. The minimum atomic E-state index is -0.258. The molecule has 0 aliphatic carbocycles. The Hall–Kier alpha value is -0.220. The molecule has 1 aromatic heterocycles. The van der Waals surface area contributed by atoms with Crippen LogP contribution in [0.3, 0.4) is 0 Å². The molecular weight excluding hydrogens is 343 g/mol. The van der Waals surface area contributed by atoms with Crippen LogP contribution in [0.5, 0.6) is 5.75 Å². The fraction of sp³-hybridized carbons (Fsp3) is 0.167. The molecule has 0 amide bonds. The normalized spacial score (nSPS) is 12.5. The molecule has 1 aromatic carbocycles. The monoisotopic (exact) mass is 350 g/mol. The number of hydrogen-bond acceptors (Lipinski definition) is 2. The zero-order valence-electron chi connectivity index (χ0n) is 8.91. The Labute approximate surface area is 122 Å². The van der Waals surface area contributed by atoms with Gasteiger partial charge < -0.3 is 4.74 Å². The van der Waals surface area contributed by atoms with Crippen LogP contribution in [0.1, 0.15) is 16.5 Å². The van der Waals surface area contributed by atoms with E-state index < -0.39 is 0 Å². The second kappa shape index (κ2) is 5.61. The van der Waals surface area contributed by atoms with Crippen LogP contribution in [0.4, 0.5) is 0 Å². The van der Waals surface area contributed by atoms with E-state index in [0.717, 1.165) is 21.3 Å². The second-order valence-corrected chi connectivity index (χ2v) is 5.94.